The number of piperidine rings is 1. The molecule has 1 aliphatic heterocycles. The van der Waals surface area contributed by atoms with Crippen molar-refractivity contribution in [3.63, 3.8) is 0 Å². The van der Waals surface area contributed by atoms with Crippen molar-refractivity contribution in [1.82, 2.24) is 4.90 Å². The molecular weight excluding hydrogens is 194 g/mol. The van der Waals surface area contributed by atoms with Gasteiger partial charge in [-0.25, -0.2) is 0 Å². The number of carboxylic acid groups (broad SMARTS) is 1. The van der Waals surface area contributed by atoms with Gasteiger partial charge in [-0.2, -0.15) is 0 Å². The maximum Gasteiger partial charge on any atom is 0.317 e. The van der Waals surface area contributed by atoms with E-state index in [-0.39, 0.29) is 13.2 Å². The van der Waals surface area contributed by atoms with Gasteiger partial charge in [-0.1, -0.05) is 6.42 Å². The molecule has 2 aliphatic rings. The lowest BCUT2D eigenvalue weighted by molar-refractivity contribution is -0.140. The van der Waals surface area contributed by atoms with Crippen molar-refractivity contribution < 1.29 is 15.0 Å². The molecule has 1 heterocycles. The van der Waals surface area contributed by atoms with Crippen LogP contribution in [0.25, 0.3) is 0 Å². The van der Waals surface area contributed by atoms with E-state index in [2.05, 4.69) is 0 Å². The molecule has 4 heteroatoms. The number of fused-ring (bicyclic) bond motifs is 2. The van der Waals surface area contributed by atoms with Gasteiger partial charge in [-0.05, 0) is 30.6 Å². The second-order valence-electron chi connectivity index (χ2n) is 4.89. The number of hydrogen-bond donors (Lipinski definition) is 2. The Balaban J connectivity index is 1.98. The van der Waals surface area contributed by atoms with Crippen molar-refractivity contribution in [1.29, 1.82) is 0 Å². The minimum Gasteiger partial charge on any atom is -0.480 e. The van der Waals surface area contributed by atoms with Crippen molar-refractivity contribution in [3.05, 3.63) is 0 Å². The first-order chi connectivity index (χ1) is 7.20. The van der Waals surface area contributed by atoms with E-state index < -0.39 is 5.97 Å². The molecule has 1 saturated heterocycles. The normalized spacial score (nSPS) is 36.5. The van der Waals surface area contributed by atoms with Gasteiger partial charge in [-0.15, -0.1) is 0 Å². The van der Waals surface area contributed by atoms with Crippen molar-refractivity contribution in [2.24, 2.45) is 17.8 Å². The average Bonchev–Trinajstić information content (AvgIpc) is 2.15. The van der Waals surface area contributed by atoms with Crippen LogP contribution in [0.1, 0.15) is 19.3 Å². The van der Waals surface area contributed by atoms with Crippen LogP contribution in [0.15, 0.2) is 0 Å². The maximum atomic E-state index is 10.6. The molecule has 2 unspecified atom stereocenters. The zero-order chi connectivity index (χ0) is 10.8. The molecule has 4 nitrogen and oxygen atoms in total. The molecule has 0 aromatic carbocycles. The molecule has 0 amide bonds. The smallest absolute Gasteiger partial charge is 0.317 e. The van der Waals surface area contributed by atoms with E-state index in [1.165, 1.54) is 6.42 Å². The van der Waals surface area contributed by atoms with Crippen LogP contribution in [-0.4, -0.2) is 47.3 Å². The Morgan fingerprint density at radius 2 is 1.87 bits per heavy atom. The standard InChI is InChI=1S/C11H19NO3/c13-7-10-8-2-1-3-9(10)5-12(4-8)6-11(14)15/h8-10,13H,1-7H2,(H,14,15). The Morgan fingerprint density at radius 1 is 1.27 bits per heavy atom. The maximum absolute atomic E-state index is 10.6. The summed E-state index contributed by atoms with van der Waals surface area (Å²) in [5.74, 6) is 0.711. The molecule has 0 aromatic rings. The van der Waals surface area contributed by atoms with Crippen LogP contribution in [0.4, 0.5) is 0 Å². The van der Waals surface area contributed by atoms with Gasteiger partial charge >= 0.3 is 5.97 Å². The molecule has 2 bridgehead atoms. The Bertz CT molecular complexity index is 230. The fraction of sp³-hybridized carbons (Fsp3) is 0.909. The van der Waals surface area contributed by atoms with E-state index in [0.29, 0.717) is 17.8 Å². The number of carboxylic acids is 1. The first-order valence-corrected chi connectivity index (χ1v) is 5.75. The summed E-state index contributed by atoms with van der Waals surface area (Å²) in [4.78, 5) is 12.7. The van der Waals surface area contributed by atoms with Gasteiger partial charge in [-0.3, -0.25) is 9.69 Å². The summed E-state index contributed by atoms with van der Waals surface area (Å²) in [5.41, 5.74) is 0. The lowest BCUT2D eigenvalue weighted by atomic mass is 9.69. The molecular formula is C11H19NO3. The number of hydrogen-bond acceptors (Lipinski definition) is 3. The number of carbonyl (C=O) groups is 1. The third kappa shape index (κ3) is 2.32. The highest BCUT2D eigenvalue weighted by Crippen LogP contribution is 2.39. The first-order valence-electron chi connectivity index (χ1n) is 5.75. The Labute approximate surface area is 89.9 Å². The molecule has 15 heavy (non-hydrogen) atoms. The average molecular weight is 213 g/mol. The minimum absolute atomic E-state index is 0.158. The van der Waals surface area contributed by atoms with E-state index in [4.69, 9.17) is 5.11 Å². The summed E-state index contributed by atoms with van der Waals surface area (Å²) in [6.45, 7) is 2.14. The summed E-state index contributed by atoms with van der Waals surface area (Å²) >= 11 is 0. The van der Waals surface area contributed by atoms with E-state index >= 15 is 0 Å². The second kappa shape index (κ2) is 4.49. The second-order valence-corrected chi connectivity index (χ2v) is 4.89. The summed E-state index contributed by atoms with van der Waals surface area (Å²) in [6, 6.07) is 0. The van der Waals surface area contributed by atoms with Crippen molar-refractivity contribution in [3.8, 4) is 0 Å². The number of likely N-dealkylation sites (tertiary alicyclic amines) is 1. The van der Waals surface area contributed by atoms with Gasteiger partial charge in [0.2, 0.25) is 0 Å². The lowest BCUT2D eigenvalue weighted by Crippen LogP contribution is -2.50. The van der Waals surface area contributed by atoms with Gasteiger partial charge in [0.1, 0.15) is 0 Å². The molecule has 0 radical (unpaired) electrons. The molecule has 2 N–H and O–H groups in total. The van der Waals surface area contributed by atoms with Crippen LogP contribution < -0.4 is 0 Å². The first kappa shape index (κ1) is 10.9. The summed E-state index contributed by atoms with van der Waals surface area (Å²) in [7, 11) is 0. The molecule has 2 rings (SSSR count). The molecule has 2 atom stereocenters. The van der Waals surface area contributed by atoms with Gasteiger partial charge < -0.3 is 10.2 Å². The van der Waals surface area contributed by atoms with Crippen LogP contribution in [-0.2, 0) is 4.79 Å². The molecule has 1 saturated carbocycles. The fourth-order valence-electron chi connectivity index (χ4n) is 3.26. The minimum atomic E-state index is -0.740. The Kier molecular flexibility index (Phi) is 3.26. The third-order valence-electron chi connectivity index (χ3n) is 3.92. The molecule has 2 fully saturated rings. The van der Waals surface area contributed by atoms with Crippen molar-refractivity contribution in [2.45, 2.75) is 19.3 Å². The number of nitrogens with zero attached hydrogens (tertiary/aromatic N) is 1. The number of aliphatic hydroxyl groups is 1. The number of rotatable bonds is 3. The lowest BCUT2D eigenvalue weighted by Gasteiger charge is -2.46. The van der Waals surface area contributed by atoms with Gasteiger partial charge in [0.15, 0.2) is 0 Å². The van der Waals surface area contributed by atoms with Crippen molar-refractivity contribution in [2.75, 3.05) is 26.2 Å². The third-order valence-corrected chi connectivity index (χ3v) is 3.92. The Morgan fingerprint density at radius 3 is 2.33 bits per heavy atom. The van der Waals surface area contributed by atoms with Gasteiger partial charge in [0, 0.05) is 19.7 Å². The zero-order valence-electron chi connectivity index (χ0n) is 8.93. The van der Waals surface area contributed by atoms with Crippen LogP contribution in [0, 0.1) is 17.8 Å². The van der Waals surface area contributed by atoms with E-state index in [9.17, 15) is 9.90 Å². The highest BCUT2D eigenvalue weighted by molar-refractivity contribution is 5.69. The van der Waals surface area contributed by atoms with E-state index in [1.54, 1.807) is 0 Å². The SMILES string of the molecule is O=C(O)CN1CC2CCCC(C1)C2CO. The molecule has 0 spiro atoms. The highest BCUT2D eigenvalue weighted by atomic mass is 16.4. The molecule has 1 aliphatic carbocycles. The van der Waals surface area contributed by atoms with Crippen LogP contribution >= 0.6 is 0 Å². The fourth-order valence-corrected chi connectivity index (χ4v) is 3.26. The summed E-state index contributed by atoms with van der Waals surface area (Å²) in [5, 5.41) is 18.1. The van der Waals surface area contributed by atoms with E-state index in [0.717, 1.165) is 25.9 Å². The van der Waals surface area contributed by atoms with Crippen LogP contribution in [0.3, 0.4) is 0 Å². The van der Waals surface area contributed by atoms with Crippen LogP contribution in [0.5, 0.6) is 0 Å². The highest BCUT2D eigenvalue weighted by Gasteiger charge is 2.39. The quantitative estimate of drug-likeness (QED) is 0.713. The Hall–Kier alpha value is -0.610. The van der Waals surface area contributed by atoms with Crippen LogP contribution in [0.2, 0.25) is 0 Å². The number of aliphatic hydroxyl groups excluding tert-OH is 1. The predicted octanol–water partition coefficient (Wildman–Crippen LogP) is 0.411. The zero-order valence-corrected chi connectivity index (χ0v) is 8.93. The summed E-state index contributed by atoms with van der Waals surface area (Å²) < 4.78 is 0. The van der Waals surface area contributed by atoms with E-state index in [1.807, 2.05) is 4.90 Å². The summed E-state index contributed by atoms with van der Waals surface area (Å²) in [6.07, 6.45) is 3.54. The van der Waals surface area contributed by atoms with Gasteiger partial charge in [0.25, 0.3) is 0 Å². The molecule has 86 valence electrons. The number of aliphatic carboxylic acids is 1. The van der Waals surface area contributed by atoms with Crippen molar-refractivity contribution >= 4 is 5.97 Å². The molecule has 0 aromatic heterocycles. The topological polar surface area (TPSA) is 60.8 Å². The monoisotopic (exact) mass is 213 g/mol. The predicted molar refractivity (Wildman–Crippen MR) is 55.5 cm³/mol. The largest absolute Gasteiger partial charge is 0.480 e. The van der Waals surface area contributed by atoms with Gasteiger partial charge in [0.05, 0.1) is 6.54 Å².